The lowest BCUT2D eigenvalue weighted by atomic mass is 10.1. The summed E-state index contributed by atoms with van der Waals surface area (Å²) in [6, 6.07) is 13.8. The molecule has 0 unspecified atom stereocenters. The van der Waals surface area contributed by atoms with Crippen molar-refractivity contribution in [3.8, 4) is 5.75 Å². The zero-order valence-electron chi connectivity index (χ0n) is 11.8. The summed E-state index contributed by atoms with van der Waals surface area (Å²) in [4.78, 5) is 11.1. The number of benzene rings is 2. The third kappa shape index (κ3) is 4.91. The summed E-state index contributed by atoms with van der Waals surface area (Å²) in [7, 11) is 1.38. The molecule has 0 amide bonds. The van der Waals surface area contributed by atoms with Gasteiger partial charge in [-0.3, -0.25) is 4.79 Å². The van der Waals surface area contributed by atoms with Gasteiger partial charge in [0.1, 0.15) is 18.2 Å². The Bertz CT molecular complexity index is 576. The molecule has 110 valence electrons. The van der Waals surface area contributed by atoms with Crippen LogP contribution in [0.25, 0.3) is 0 Å². The summed E-state index contributed by atoms with van der Waals surface area (Å²) in [5.74, 6) is 0.265. The highest BCUT2D eigenvalue weighted by Crippen LogP contribution is 2.15. The van der Waals surface area contributed by atoms with E-state index in [1.54, 1.807) is 12.1 Å². The molecule has 0 bridgehead atoms. The van der Waals surface area contributed by atoms with Gasteiger partial charge in [-0.15, -0.1) is 0 Å². The molecule has 0 radical (unpaired) electrons. The van der Waals surface area contributed by atoms with Crippen molar-refractivity contribution in [2.45, 2.75) is 19.4 Å². The minimum absolute atomic E-state index is 0.216. The lowest BCUT2D eigenvalue weighted by Crippen LogP contribution is -2.01. The predicted octanol–water partition coefficient (Wildman–Crippen LogP) is 3.51. The van der Waals surface area contributed by atoms with Crippen LogP contribution in [0, 0.1) is 5.82 Å². The number of halogens is 1. The van der Waals surface area contributed by atoms with E-state index in [2.05, 4.69) is 4.74 Å². The van der Waals surface area contributed by atoms with Crippen LogP contribution < -0.4 is 4.74 Å². The van der Waals surface area contributed by atoms with E-state index in [1.807, 2.05) is 24.3 Å². The van der Waals surface area contributed by atoms with E-state index < -0.39 is 0 Å². The molecular weight excluding hydrogens is 271 g/mol. The highest BCUT2D eigenvalue weighted by molar-refractivity contribution is 5.69. The maximum atomic E-state index is 12.8. The van der Waals surface area contributed by atoms with Crippen molar-refractivity contribution >= 4 is 5.97 Å². The molecule has 0 spiro atoms. The van der Waals surface area contributed by atoms with Gasteiger partial charge in [0.05, 0.1) is 7.11 Å². The standard InChI is InChI=1S/C17H17FO3/c1-20-17(19)11-6-13-4-9-16(10-5-13)21-12-14-2-7-15(18)8-3-14/h2-5,7-10H,6,11-12H2,1H3. The fourth-order valence-electron chi connectivity index (χ4n) is 1.85. The van der Waals surface area contributed by atoms with Gasteiger partial charge in [-0.2, -0.15) is 0 Å². The zero-order chi connectivity index (χ0) is 15.1. The summed E-state index contributed by atoms with van der Waals surface area (Å²) in [5.41, 5.74) is 1.96. The maximum Gasteiger partial charge on any atom is 0.305 e. The number of ether oxygens (including phenoxy) is 2. The molecular formula is C17H17FO3. The van der Waals surface area contributed by atoms with Gasteiger partial charge in [-0.25, -0.2) is 4.39 Å². The van der Waals surface area contributed by atoms with Gasteiger partial charge >= 0.3 is 5.97 Å². The zero-order valence-corrected chi connectivity index (χ0v) is 11.8. The fraction of sp³-hybridized carbons (Fsp3) is 0.235. The molecule has 0 heterocycles. The predicted molar refractivity (Wildman–Crippen MR) is 77.5 cm³/mol. The van der Waals surface area contributed by atoms with Gasteiger partial charge in [-0.1, -0.05) is 24.3 Å². The Morgan fingerprint density at radius 3 is 2.24 bits per heavy atom. The summed E-state index contributed by atoms with van der Waals surface area (Å²) in [6.07, 6.45) is 1.01. The topological polar surface area (TPSA) is 35.5 Å². The molecule has 0 saturated carbocycles. The van der Waals surface area contributed by atoms with E-state index in [9.17, 15) is 9.18 Å². The molecule has 0 N–H and O–H groups in total. The molecule has 3 nitrogen and oxygen atoms in total. The SMILES string of the molecule is COC(=O)CCc1ccc(OCc2ccc(F)cc2)cc1. The first-order valence-corrected chi connectivity index (χ1v) is 6.70. The van der Waals surface area contributed by atoms with Crippen molar-refractivity contribution in [1.82, 2.24) is 0 Å². The number of methoxy groups -OCH3 is 1. The monoisotopic (exact) mass is 288 g/mol. The molecule has 0 aliphatic carbocycles. The number of carbonyl (C=O) groups excluding carboxylic acids is 1. The van der Waals surface area contributed by atoms with Crippen LogP contribution in [0.2, 0.25) is 0 Å². The molecule has 0 aliphatic rings. The third-order valence-electron chi connectivity index (χ3n) is 3.09. The maximum absolute atomic E-state index is 12.8. The average Bonchev–Trinajstić information content (AvgIpc) is 2.53. The second-order valence-electron chi connectivity index (χ2n) is 4.64. The van der Waals surface area contributed by atoms with Crippen molar-refractivity contribution in [3.63, 3.8) is 0 Å². The van der Waals surface area contributed by atoms with E-state index in [1.165, 1.54) is 19.2 Å². The summed E-state index contributed by atoms with van der Waals surface area (Å²) < 4.78 is 23.0. The van der Waals surface area contributed by atoms with E-state index in [0.29, 0.717) is 19.4 Å². The van der Waals surface area contributed by atoms with E-state index in [0.717, 1.165) is 16.9 Å². The van der Waals surface area contributed by atoms with E-state index >= 15 is 0 Å². The molecule has 0 atom stereocenters. The highest BCUT2D eigenvalue weighted by Gasteiger charge is 2.02. The summed E-state index contributed by atoms with van der Waals surface area (Å²) >= 11 is 0. The quantitative estimate of drug-likeness (QED) is 0.763. The van der Waals surface area contributed by atoms with Crippen LogP contribution >= 0.6 is 0 Å². The Morgan fingerprint density at radius 2 is 1.62 bits per heavy atom. The molecule has 4 heteroatoms. The number of hydrogen-bond donors (Lipinski definition) is 0. The van der Waals surface area contributed by atoms with Crippen molar-refractivity contribution < 1.29 is 18.7 Å². The summed E-state index contributed by atoms with van der Waals surface area (Å²) in [6.45, 7) is 0.391. The van der Waals surface area contributed by atoms with Crippen molar-refractivity contribution in [2.24, 2.45) is 0 Å². The molecule has 2 aromatic rings. The van der Waals surface area contributed by atoms with Crippen LogP contribution in [0.3, 0.4) is 0 Å². The first-order valence-electron chi connectivity index (χ1n) is 6.70. The molecule has 0 saturated heterocycles. The molecule has 0 aliphatic heterocycles. The number of hydrogen-bond acceptors (Lipinski definition) is 3. The van der Waals surface area contributed by atoms with Crippen LogP contribution in [-0.2, 0) is 22.6 Å². The van der Waals surface area contributed by atoms with Crippen molar-refractivity contribution in [1.29, 1.82) is 0 Å². The van der Waals surface area contributed by atoms with Crippen LogP contribution in [0.4, 0.5) is 4.39 Å². The lowest BCUT2D eigenvalue weighted by molar-refractivity contribution is -0.140. The Morgan fingerprint density at radius 1 is 1.00 bits per heavy atom. The van der Waals surface area contributed by atoms with Gasteiger partial charge in [-0.05, 0) is 41.8 Å². The smallest absolute Gasteiger partial charge is 0.305 e. The fourth-order valence-corrected chi connectivity index (χ4v) is 1.85. The highest BCUT2D eigenvalue weighted by atomic mass is 19.1. The number of esters is 1. The Balaban J connectivity index is 1.84. The number of carbonyl (C=O) groups is 1. The molecule has 0 fully saturated rings. The van der Waals surface area contributed by atoms with Crippen molar-refractivity contribution in [2.75, 3.05) is 7.11 Å². The minimum Gasteiger partial charge on any atom is -0.489 e. The van der Waals surface area contributed by atoms with E-state index in [4.69, 9.17) is 4.74 Å². The van der Waals surface area contributed by atoms with Gasteiger partial charge in [0.25, 0.3) is 0 Å². The van der Waals surface area contributed by atoms with Crippen LogP contribution in [0.15, 0.2) is 48.5 Å². The van der Waals surface area contributed by atoms with Gasteiger partial charge < -0.3 is 9.47 Å². The normalized spacial score (nSPS) is 10.2. The van der Waals surface area contributed by atoms with Gasteiger partial charge in [0.2, 0.25) is 0 Å². The van der Waals surface area contributed by atoms with Crippen molar-refractivity contribution in [3.05, 3.63) is 65.5 Å². The van der Waals surface area contributed by atoms with Crippen LogP contribution in [0.5, 0.6) is 5.75 Å². The Labute approximate surface area is 123 Å². The number of rotatable bonds is 6. The lowest BCUT2D eigenvalue weighted by Gasteiger charge is -2.07. The van der Waals surface area contributed by atoms with Crippen LogP contribution in [-0.4, -0.2) is 13.1 Å². The molecule has 21 heavy (non-hydrogen) atoms. The van der Waals surface area contributed by atoms with E-state index in [-0.39, 0.29) is 11.8 Å². The Hall–Kier alpha value is -2.36. The molecule has 0 aromatic heterocycles. The average molecular weight is 288 g/mol. The summed E-state index contributed by atoms with van der Waals surface area (Å²) in [5, 5.41) is 0. The molecule has 2 rings (SSSR count). The first-order chi connectivity index (χ1) is 10.2. The Kier molecular flexibility index (Phi) is 5.32. The largest absolute Gasteiger partial charge is 0.489 e. The second kappa shape index (κ2) is 7.43. The second-order valence-corrected chi connectivity index (χ2v) is 4.64. The number of aryl methyl sites for hydroxylation is 1. The van der Waals surface area contributed by atoms with Crippen LogP contribution in [0.1, 0.15) is 17.5 Å². The third-order valence-corrected chi connectivity index (χ3v) is 3.09. The van der Waals surface area contributed by atoms with Gasteiger partial charge in [0.15, 0.2) is 0 Å². The minimum atomic E-state index is -0.256. The first kappa shape index (κ1) is 15.0. The molecule has 2 aromatic carbocycles. The van der Waals surface area contributed by atoms with Gasteiger partial charge in [0, 0.05) is 6.42 Å².